The molecule has 0 fully saturated rings. The van der Waals surface area contributed by atoms with Crippen molar-refractivity contribution in [1.82, 2.24) is 5.32 Å². The molecule has 1 amide bonds. The zero-order valence-corrected chi connectivity index (χ0v) is 14.4. The minimum Gasteiger partial charge on any atom is -0.473 e. The second kappa shape index (κ2) is 10.3. The number of nitrogens with one attached hydrogen (secondary N) is 2. The van der Waals surface area contributed by atoms with Crippen LogP contribution in [0.5, 0.6) is 0 Å². The number of carbonyl (C=O) groups is 3. The Morgan fingerprint density at radius 3 is 2.04 bits per heavy atom. The highest BCUT2D eigenvalue weighted by Crippen LogP contribution is 2.29. The molecule has 2 aromatic rings. The summed E-state index contributed by atoms with van der Waals surface area (Å²) in [6.45, 7) is 0.678. The number of carboxylic acid groups (broad SMARTS) is 2. The highest BCUT2D eigenvalue weighted by Gasteiger charge is 2.29. The molecule has 0 bridgehead atoms. The maximum Gasteiger partial charge on any atom is 0.416 e. The van der Waals surface area contributed by atoms with Crippen molar-refractivity contribution >= 4 is 34.9 Å². The van der Waals surface area contributed by atoms with E-state index in [1.54, 1.807) is 11.3 Å². The van der Waals surface area contributed by atoms with Crippen molar-refractivity contribution in [2.24, 2.45) is 0 Å². The van der Waals surface area contributed by atoms with Crippen LogP contribution < -0.4 is 10.6 Å². The Balaban J connectivity index is 0.000000527. The molecule has 0 unspecified atom stereocenters. The quantitative estimate of drug-likeness (QED) is 0.570. The van der Waals surface area contributed by atoms with Crippen molar-refractivity contribution in [3.05, 3.63) is 52.2 Å². The van der Waals surface area contributed by atoms with E-state index in [1.807, 2.05) is 17.5 Å². The average molecular weight is 404 g/mol. The van der Waals surface area contributed by atoms with Gasteiger partial charge in [-0.25, -0.2) is 9.59 Å². The van der Waals surface area contributed by atoms with Crippen LogP contribution in [0.25, 0.3) is 0 Å². The SMILES string of the molecule is O=C(CNCc1cccs1)Nc1ccc(C(F)(F)F)cc1.O=C(O)C(=O)O. The van der Waals surface area contributed by atoms with Gasteiger partial charge >= 0.3 is 18.1 Å². The molecule has 0 atom stereocenters. The number of carboxylic acids is 2. The molecule has 2 rings (SSSR count). The summed E-state index contributed by atoms with van der Waals surface area (Å²) in [6.07, 6.45) is -4.37. The summed E-state index contributed by atoms with van der Waals surface area (Å²) in [4.78, 5) is 30.9. The summed E-state index contributed by atoms with van der Waals surface area (Å²) in [5.41, 5.74) is -0.401. The molecule has 0 spiro atoms. The standard InChI is InChI=1S/C14H13F3N2OS.C2H2O4/c15-14(16,17)10-3-5-11(6-4-10)19-13(20)9-18-8-12-2-1-7-21-12;3-1(4)2(5)6/h1-7,18H,8-9H2,(H,19,20);(H,3,4)(H,5,6). The van der Waals surface area contributed by atoms with Crippen LogP contribution in [-0.4, -0.2) is 34.6 Å². The second-order valence-corrected chi connectivity index (χ2v) is 5.95. The summed E-state index contributed by atoms with van der Waals surface area (Å²) in [5, 5.41) is 22.2. The summed E-state index contributed by atoms with van der Waals surface area (Å²) >= 11 is 1.58. The number of anilines is 1. The van der Waals surface area contributed by atoms with E-state index < -0.39 is 23.7 Å². The highest BCUT2D eigenvalue weighted by molar-refractivity contribution is 7.09. The normalized spacial score (nSPS) is 10.5. The molecule has 0 saturated carbocycles. The molecule has 11 heteroatoms. The Hall–Kier alpha value is -2.92. The first kappa shape index (κ1) is 22.1. The van der Waals surface area contributed by atoms with E-state index >= 15 is 0 Å². The Labute approximate surface area is 155 Å². The van der Waals surface area contributed by atoms with Gasteiger partial charge in [0.15, 0.2) is 0 Å². The number of alkyl halides is 3. The van der Waals surface area contributed by atoms with Gasteiger partial charge in [-0.15, -0.1) is 11.3 Å². The van der Waals surface area contributed by atoms with Crippen molar-refractivity contribution in [1.29, 1.82) is 0 Å². The van der Waals surface area contributed by atoms with Crippen LogP contribution in [0.4, 0.5) is 18.9 Å². The van der Waals surface area contributed by atoms with Gasteiger partial charge in [-0.2, -0.15) is 13.2 Å². The Morgan fingerprint density at radius 1 is 1.00 bits per heavy atom. The first-order chi connectivity index (χ1) is 12.6. The van der Waals surface area contributed by atoms with Crippen LogP contribution in [-0.2, 0) is 27.1 Å². The van der Waals surface area contributed by atoms with Crippen molar-refractivity contribution in [2.45, 2.75) is 12.7 Å². The third kappa shape index (κ3) is 8.83. The summed E-state index contributed by atoms with van der Waals surface area (Å²) < 4.78 is 37.2. The van der Waals surface area contributed by atoms with Gasteiger partial charge in [0.2, 0.25) is 5.91 Å². The predicted molar refractivity (Wildman–Crippen MR) is 91.4 cm³/mol. The Bertz CT molecular complexity index is 749. The number of carbonyl (C=O) groups excluding carboxylic acids is 1. The number of thiophene rings is 1. The van der Waals surface area contributed by atoms with Gasteiger partial charge < -0.3 is 20.8 Å². The number of amides is 1. The van der Waals surface area contributed by atoms with Gasteiger partial charge in [0.25, 0.3) is 0 Å². The van der Waals surface area contributed by atoms with E-state index in [9.17, 15) is 18.0 Å². The molecule has 7 nitrogen and oxygen atoms in total. The maximum atomic E-state index is 12.4. The minimum absolute atomic E-state index is 0.0962. The number of benzene rings is 1. The second-order valence-electron chi connectivity index (χ2n) is 4.92. The van der Waals surface area contributed by atoms with Gasteiger partial charge in [0.05, 0.1) is 12.1 Å². The smallest absolute Gasteiger partial charge is 0.416 e. The van der Waals surface area contributed by atoms with Crippen molar-refractivity contribution in [3.8, 4) is 0 Å². The molecule has 0 aliphatic heterocycles. The van der Waals surface area contributed by atoms with Crippen LogP contribution in [0.15, 0.2) is 41.8 Å². The van der Waals surface area contributed by atoms with Crippen LogP contribution in [0, 0.1) is 0 Å². The topological polar surface area (TPSA) is 116 Å². The van der Waals surface area contributed by atoms with Crippen LogP contribution in [0.2, 0.25) is 0 Å². The molecule has 1 aromatic heterocycles. The average Bonchev–Trinajstić information content (AvgIpc) is 3.08. The Morgan fingerprint density at radius 2 is 1.59 bits per heavy atom. The number of halogens is 3. The van der Waals surface area contributed by atoms with Crippen molar-refractivity contribution < 1.29 is 37.8 Å². The summed E-state index contributed by atoms with van der Waals surface area (Å²) in [6, 6.07) is 8.22. The van der Waals surface area contributed by atoms with E-state index in [2.05, 4.69) is 10.6 Å². The van der Waals surface area contributed by atoms with Gasteiger partial charge in [0.1, 0.15) is 0 Å². The molecule has 0 aliphatic rings. The third-order valence-corrected chi connectivity index (χ3v) is 3.72. The van der Waals surface area contributed by atoms with E-state index in [-0.39, 0.29) is 12.5 Å². The maximum absolute atomic E-state index is 12.4. The first-order valence-electron chi connectivity index (χ1n) is 7.26. The highest BCUT2D eigenvalue weighted by atomic mass is 32.1. The monoisotopic (exact) mass is 404 g/mol. The molecule has 1 aromatic carbocycles. The van der Waals surface area contributed by atoms with Crippen molar-refractivity contribution in [3.63, 3.8) is 0 Å². The Kier molecular flexibility index (Phi) is 8.42. The molecular weight excluding hydrogens is 389 g/mol. The fourth-order valence-electron chi connectivity index (χ4n) is 1.66. The lowest BCUT2D eigenvalue weighted by Gasteiger charge is -2.09. The molecule has 27 heavy (non-hydrogen) atoms. The molecular formula is C16H15F3N2O5S. The van der Waals surface area contributed by atoms with E-state index in [0.29, 0.717) is 12.2 Å². The first-order valence-corrected chi connectivity index (χ1v) is 8.14. The number of hydrogen-bond acceptors (Lipinski definition) is 5. The number of rotatable bonds is 5. The predicted octanol–water partition coefficient (Wildman–Crippen LogP) is 2.65. The molecule has 4 N–H and O–H groups in total. The minimum atomic E-state index is -4.37. The van der Waals surface area contributed by atoms with Crippen LogP contribution >= 0.6 is 11.3 Å². The molecule has 0 saturated heterocycles. The molecule has 0 radical (unpaired) electrons. The lowest BCUT2D eigenvalue weighted by molar-refractivity contribution is -0.159. The largest absolute Gasteiger partial charge is 0.473 e. The van der Waals surface area contributed by atoms with Crippen LogP contribution in [0.1, 0.15) is 10.4 Å². The van der Waals surface area contributed by atoms with Gasteiger partial charge in [-0.3, -0.25) is 4.79 Å². The number of aliphatic carboxylic acids is 2. The molecule has 1 heterocycles. The molecule has 146 valence electrons. The lowest BCUT2D eigenvalue weighted by Crippen LogP contribution is -2.27. The van der Waals surface area contributed by atoms with Gasteiger partial charge in [0, 0.05) is 17.1 Å². The van der Waals surface area contributed by atoms with Gasteiger partial charge in [-0.1, -0.05) is 6.07 Å². The molecule has 0 aliphatic carbocycles. The van der Waals surface area contributed by atoms with E-state index in [0.717, 1.165) is 17.0 Å². The lowest BCUT2D eigenvalue weighted by atomic mass is 10.2. The van der Waals surface area contributed by atoms with Crippen molar-refractivity contribution in [2.75, 3.05) is 11.9 Å². The zero-order valence-electron chi connectivity index (χ0n) is 13.6. The fourth-order valence-corrected chi connectivity index (χ4v) is 2.33. The zero-order chi connectivity index (χ0) is 20.4. The van der Waals surface area contributed by atoms with E-state index in [1.165, 1.54) is 12.1 Å². The summed E-state index contributed by atoms with van der Waals surface area (Å²) in [7, 11) is 0. The van der Waals surface area contributed by atoms with Gasteiger partial charge in [-0.05, 0) is 35.7 Å². The summed E-state index contributed by atoms with van der Waals surface area (Å²) in [5.74, 6) is -3.95. The third-order valence-electron chi connectivity index (χ3n) is 2.84. The number of hydrogen-bond donors (Lipinski definition) is 4. The van der Waals surface area contributed by atoms with Crippen LogP contribution in [0.3, 0.4) is 0 Å². The van der Waals surface area contributed by atoms with E-state index in [4.69, 9.17) is 19.8 Å². The fraction of sp³-hybridized carbons (Fsp3) is 0.188.